The van der Waals surface area contributed by atoms with E-state index in [0.717, 1.165) is 18.2 Å². The molecule has 100 valence electrons. The van der Waals surface area contributed by atoms with Crippen molar-refractivity contribution < 1.29 is 0 Å². The van der Waals surface area contributed by atoms with Gasteiger partial charge in [0.15, 0.2) is 0 Å². The van der Waals surface area contributed by atoms with Crippen LogP contribution in [-0.2, 0) is 0 Å². The second-order valence-corrected chi connectivity index (χ2v) is 6.47. The molecule has 2 heteroatoms. The van der Waals surface area contributed by atoms with Crippen LogP contribution in [0, 0.1) is 5.92 Å². The molecule has 0 aliphatic heterocycles. The highest BCUT2D eigenvalue weighted by Crippen LogP contribution is 2.36. The van der Waals surface area contributed by atoms with Crippen molar-refractivity contribution in [3.05, 3.63) is 29.8 Å². The maximum absolute atomic E-state index is 3.63. The van der Waals surface area contributed by atoms with E-state index in [0.29, 0.717) is 6.04 Å². The Morgan fingerprint density at radius 1 is 1.22 bits per heavy atom. The molecule has 1 aromatic carbocycles. The van der Waals surface area contributed by atoms with Crippen LogP contribution in [0.2, 0.25) is 0 Å². The summed E-state index contributed by atoms with van der Waals surface area (Å²) < 4.78 is 0. The lowest BCUT2D eigenvalue weighted by Crippen LogP contribution is -2.20. The van der Waals surface area contributed by atoms with E-state index in [9.17, 15) is 0 Å². The van der Waals surface area contributed by atoms with Crippen LogP contribution in [0.15, 0.2) is 29.2 Å². The van der Waals surface area contributed by atoms with Crippen LogP contribution in [0.1, 0.15) is 51.1 Å². The highest BCUT2D eigenvalue weighted by molar-refractivity contribution is 7.99. The lowest BCUT2D eigenvalue weighted by Gasteiger charge is -2.18. The van der Waals surface area contributed by atoms with Gasteiger partial charge in [-0.05, 0) is 48.8 Å². The predicted molar refractivity (Wildman–Crippen MR) is 81.2 cm³/mol. The standard InChI is InChI=1S/C16H25NS/c1-3-17-16(12-7-13-5-6-13)14-8-10-15(11-9-14)18-4-2/h8-11,13,16-17H,3-7,12H2,1-2H3. The van der Waals surface area contributed by atoms with Crippen LogP contribution in [0.5, 0.6) is 0 Å². The molecule has 1 saturated carbocycles. The zero-order valence-electron chi connectivity index (χ0n) is 11.6. The Kier molecular flexibility index (Phi) is 5.58. The lowest BCUT2D eigenvalue weighted by molar-refractivity contribution is 0.481. The molecule has 0 saturated heterocycles. The average molecular weight is 263 g/mol. The number of rotatable bonds is 8. The van der Waals surface area contributed by atoms with Gasteiger partial charge in [-0.15, -0.1) is 11.8 Å². The first-order valence-corrected chi connectivity index (χ1v) is 8.28. The van der Waals surface area contributed by atoms with Gasteiger partial charge in [-0.2, -0.15) is 0 Å². The molecule has 0 amide bonds. The summed E-state index contributed by atoms with van der Waals surface area (Å²) in [5.41, 5.74) is 1.46. The zero-order valence-corrected chi connectivity index (χ0v) is 12.4. The van der Waals surface area contributed by atoms with Gasteiger partial charge in [0.1, 0.15) is 0 Å². The number of hydrogen-bond donors (Lipinski definition) is 1. The van der Waals surface area contributed by atoms with E-state index in [1.165, 1.54) is 36.1 Å². The number of benzene rings is 1. The summed E-state index contributed by atoms with van der Waals surface area (Å²) in [4.78, 5) is 1.39. The van der Waals surface area contributed by atoms with E-state index in [2.05, 4.69) is 43.4 Å². The Morgan fingerprint density at radius 3 is 2.50 bits per heavy atom. The molecule has 18 heavy (non-hydrogen) atoms. The smallest absolute Gasteiger partial charge is 0.0320 e. The van der Waals surface area contributed by atoms with Gasteiger partial charge in [0, 0.05) is 10.9 Å². The molecule has 1 N–H and O–H groups in total. The molecule has 0 radical (unpaired) electrons. The molecule has 2 rings (SSSR count). The van der Waals surface area contributed by atoms with Crippen LogP contribution in [-0.4, -0.2) is 12.3 Å². The zero-order chi connectivity index (χ0) is 12.8. The maximum atomic E-state index is 3.63. The highest BCUT2D eigenvalue weighted by Gasteiger charge is 2.22. The molecule has 1 atom stereocenters. The third-order valence-electron chi connectivity index (χ3n) is 3.60. The minimum absolute atomic E-state index is 0.552. The molecule has 0 bridgehead atoms. The van der Waals surface area contributed by atoms with Crippen LogP contribution >= 0.6 is 11.8 Å². The van der Waals surface area contributed by atoms with E-state index >= 15 is 0 Å². The Hall–Kier alpha value is -0.470. The minimum Gasteiger partial charge on any atom is -0.310 e. The molecular formula is C16H25NS. The fraction of sp³-hybridized carbons (Fsp3) is 0.625. The van der Waals surface area contributed by atoms with Crippen molar-refractivity contribution >= 4 is 11.8 Å². The van der Waals surface area contributed by atoms with E-state index in [4.69, 9.17) is 0 Å². The molecule has 1 unspecified atom stereocenters. The predicted octanol–water partition coefficient (Wildman–Crippen LogP) is 4.64. The van der Waals surface area contributed by atoms with Crippen molar-refractivity contribution in [1.29, 1.82) is 0 Å². The monoisotopic (exact) mass is 263 g/mol. The average Bonchev–Trinajstić information content (AvgIpc) is 3.20. The van der Waals surface area contributed by atoms with Gasteiger partial charge in [0.25, 0.3) is 0 Å². The van der Waals surface area contributed by atoms with Crippen molar-refractivity contribution in [2.75, 3.05) is 12.3 Å². The van der Waals surface area contributed by atoms with Gasteiger partial charge >= 0.3 is 0 Å². The van der Waals surface area contributed by atoms with Gasteiger partial charge in [0.05, 0.1) is 0 Å². The van der Waals surface area contributed by atoms with Crippen LogP contribution < -0.4 is 5.32 Å². The number of thioether (sulfide) groups is 1. The largest absolute Gasteiger partial charge is 0.310 e. The number of hydrogen-bond acceptors (Lipinski definition) is 2. The molecule has 0 heterocycles. The topological polar surface area (TPSA) is 12.0 Å². The normalized spacial score (nSPS) is 16.8. The van der Waals surface area contributed by atoms with Gasteiger partial charge in [-0.25, -0.2) is 0 Å². The molecule has 1 aliphatic carbocycles. The summed E-state index contributed by atoms with van der Waals surface area (Å²) in [6.45, 7) is 5.46. The second-order valence-electron chi connectivity index (χ2n) is 5.13. The van der Waals surface area contributed by atoms with E-state index in [1.807, 2.05) is 11.8 Å². The van der Waals surface area contributed by atoms with Crippen molar-refractivity contribution in [1.82, 2.24) is 5.32 Å². The Morgan fingerprint density at radius 2 is 1.94 bits per heavy atom. The molecule has 1 aliphatic rings. The third-order valence-corrected chi connectivity index (χ3v) is 4.50. The molecular weight excluding hydrogens is 238 g/mol. The van der Waals surface area contributed by atoms with Gasteiger partial charge in [-0.1, -0.05) is 38.8 Å². The van der Waals surface area contributed by atoms with Crippen LogP contribution in [0.4, 0.5) is 0 Å². The Balaban J connectivity index is 1.94. The maximum Gasteiger partial charge on any atom is 0.0320 e. The summed E-state index contributed by atoms with van der Waals surface area (Å²) in [5.74, 6) is 2.18. The van der Waals surface area contributed by atoms with Crippen molar-refractivity contribution in [2.24, 2.45) is 5.92 Å². The SMILES string of the molecule is CCNC(CCC1CC1)c1ccc(SCC)cc1. The minimum atomic E-state index is 0.552. The van der Waals surface area contributed by atoms with Crippen LogP contribution in [0.25, 0.3) is 0 Å². The van der Waals surface area contributed by atoms with Crippen molar-refractivity contribution in [2.45, 2.75) is 50.5 Å². The highest BCUT2D eigenvalue weighted by atomic mass is 32.2. The fourth-order valence-electron chi connectivity index (χ4n) is 2.40. The van der Waals surface area contributed by atoms with Crippen LogP contribution in [0.3, 0.4) is 0 Å². The van der Waals surface area contributed by atoms with E-state index in [1.54, 1.807) is 0 Å². The molecule has 0 spiro atoms. The lowest BCUT2D eigenvalue weighted by atomic mass is 10.0. The van der Waals surface area contributed by atoms with Gasteiger partial charge in [-0.3, -0.25) is 0 Å². The summed E-state index contributed by atoms with van der Waals surface area (Å²) in [5, 5.41) is 3.63. The van der Waals surface area contributed by atoms with Gasteiger partial charge in [0.2, 0.25) is 0 Å². The number of nitrogens with one attached hydrogen (secondary N) is 1. The Labute approximate surface area is 116 Å². The van der Waals surface area contributed by atoms with E-state index < -0.39 is 0 Å². The second kappa shape index (κ2) is 7.20. The summed E-state index contributed by atoms with van der Waals surface area (Å²) in [6, 6.07) is 9.70. The first kappa shape index (κ1) is 14.0. The molecule has 0 aromatic heterocycles. The molecule has 1 aromatic rings. The summed E-state index contributed by atoms with van der Waals surface area (Å²) in [6.07, 6.45) is 5.61. The first-order valence-electron chi connectivity index (χ1n) is 7.29. The molecule has 1 nitrogen and oxygen atoms in total. The quantitative estimate of drug-likeness (QED) is 0.686. The first-order chi connectivity index (χ1) is 8.83. The molecule has 1 fully saturated rings. The fourth-order valence-corrected chi connectivity index (χ4v) is 3.07. The van der Waals surface area contributed by atoms with Crippen molar-refractivity contribution in [3.63, 3.8) is 0 Å². The Bertz CT molecular complexity index is 343. The van der Waals surface area contributed by atoms with Crippen molar-refractivity contribution in [3.8, 4) is 0 Å². The van der Waals surface area contributed by atoms with E-state index in [-0.39, 0.29) is 0 Å². The third kappa shape index (κ3) is 4.33. The summed E-state index contributed by atoms with van der Waals surface area (Å²) >= 11 is 1.92. The van der Waals surface area contributed by atoms with Gasteiger partial charge < -0.3 is 5.32 Å². The summed E-state index contributed by atoms with van der Waals surface area (Å²) in [7, 11) is 0.